The van der Waals surface area contributed by atoms with Crippen molar-refractivity contribution < 1.29 is 9.53 Å². The Labute approximate surface area is 64.7 Å². The third kappa shape index (κ3) is 1.07. The van der Waals surface area contributed by atoms with Gasteiger partial charge in [-0.15, -0.1) is 0 Å². The zero-order valence-electron chi connectivity index (χ0n) is 5.99. The van der Waals surface area contributed by atoms with Crippen LogP contribution in [0, 0.1) is 5.92 Å². The van der Waals surface area contributed by atoms with Crippen LogP contribution >= 0.6 is 0 Å². The highest BCUT2D eigenvalue weighted by Gasteiger charge is 2.30. The van der Waals surface area contributed by atoms with Crippen molar-refractivity contribution in [3.05, 3.63) is 24.3 Å². The van der Waals surface area contributed by atoms with Crippen LogP contribution in [0.15, 0.2) is 24.3 Å². The zero-order chi connectivity index (χ0) is 7.68. The molecule has 3 heteroatoms. The summed E-state index contributed by atoms with van der Waals surface area (Å²) in [6, 6.07) is 0.140. The van der Waals surface area contributed by atoms with Gasteiger partial charge in [-0.05, 0) is 0 Å². The first kappa shape index (κ1) is 6.61. The van der Waals surface area contributed by atoms with Crippen LogP contribution in [-0.2, 0) is 9.53 Å². The fourth-order valence-electron chi connectivity index (χ4n) is 1.33. The van der Waals surface area contributed by atoms with Crippen LogP contribution in [0.4, 0.5) is 0 Å². The summed E-state index contributed by atoms with van der Waals surface area (Å²) in [5.41, 5.74) is 0. The van der Waals surface area contributed by atoms with Gasteiger partial charge in [0, 0.05) is 6.04 Å². The van der Waals surface area contributed by atoms with Gasteiger partial charge in [0.15, 0.2) is 0 Å². The Morgan fingerprint density at radius 3 is 3.09 bits per heavy atom. The van der Waals surface area contributed by atoms with Crippen molar-refractivity contribution in [1.82, 2.24) is 5.32 Å². The number of nitrogens with one attached hydrogen (secondary N) is 1. The van der Waals surface area contributed by atoms with Gasteiger partial charge in [0.25, 0.3) is 0 Å². The summed E-state index contributed by atoms with van der Waals surface area (Å²) in [7, 11) is 0. The van der Waals surface area contributed by atoms with Gasteiger partial charge in [-0.25, -0.2) is 0 Å². The highest BCUT2D eigenvalue weighted by Crippen LogP contribution is 2.17. The molecule has 0 aromatic rings. The normalized spacial score (nSPS) is 34.7. The Balaban J connectivity index is 2.20. The summed E-state index contributed by atoms with van der Waals surface area (Å²) in [6.45, 7) is 0.332. The molecule has 11 heavy (non-hydrogen) atoms. The number of hydrogen-bond acceptors (Lipinski definition) is 3. The lowest BCUT2D eigenvalue weighted by Crippen LogP contribution is -2.46. The number of ether oxygens (including phenoxy) is 1. The Morgan fingerprint density at radius 2 is 2.27 bits per heavy atom. The van der Waals surface area contributed by atoms with Crippen molar-refractivity contribution in [3.63, 3.8) is 0 Å². The van der Waals surface area contributed by atoms with Gasteiger partial charge in [0.05, 0.1) is 5.92 Å². The van der Waals surface area contributed by atoms with Crippen molar-refractivity contribution in [2.45, 2.75) is 6.04 Å². The quantitative estimate of drug-likeness (QED) is 0.503. The molecule has 2 atom stereocenters. The average molecular weight is 151 g/mol. The molecule has 58 valence electrons. The number of fused-ring (bicyclic) bond motifs is 1. The molecule has 2 rings (SSSR count). The fourth-order valence-corrected chi connectivity index (χ4v) is 1.33. The van der Waals surface area contributed by atoms with E-state index in [9.17, 15) is 4.79 Å². The third-order valence-corrected chi connectivity index (χ3v) is 1.94. The lowest BCUT2D eigenvalue weighted by molar-refractivity contribution is -0.152. The first-order valence-corrected chi connectivity index (χ1v) is 3.63. The maximum atomic E-state index is 11.1. The van der Waals surface area contributed by atoms with Crippen molar-refractivity contribution >= 4 is 5.97 Å². The van der Waals surface area contributed by atoms with Gasteiger partial charge in [-0.3, -0.25) is 10.1 Å². The largest absolute Gasteiger partial charge is 0.449 e. The fraction of sp³-hybridized carbons (Fsp3) is 0.375. The second-order valence-electron chi connectivity index (χ2n) is 2.63. The Kier molecular flexibility index (Phi) is 1.51. The standard InChI is InChI=1S/C8H9NO2/c10-8-6-3-1-2-4-7(6)9-5-11-8/h1-4,6-7,9H,5H2. The molecule has 1 aliphatic heterocycles. The molecular weight excluding hydrogens is 142 g/mol. The summed E-state index contributed by atoms with van der Waals surface area (Å²) in [5, 5.41) is 3.07. The minimum Gasteiger partial charge on any atom is -0.449 e. The van der Waals surface area contributed by atoms with E-state index in [4.69, 9.17) is 4.74 Å². The maximum absolute atomic E-state index is 11.1. The Hall–Kier alpha value is -1.09. The van der Waals surface area contributed by atoms with Gasteiger partial charge in [-0.1, -0.05) is 24.3 Å². The lowest BCUT2D eigenvalue weighted by Gasteiger charge is -2.28. The van der Waals surface area contributed by atoms with Crippen molar-refractivity contribution in [3.8, 4) is 0 Å². The van der Waals surface area contributed by atoms with Gasteiger partial charge >= 0.3 is 5.97 Å². The molecule has 1 heterocycles. The van der Waals surface area contributed by atoms with Gasteiger partial charge in [0.1, 0.15) is 6.73 Å². The first-order valence-electron chi connectivity index (χ1n) is 3.63. The molecule has 0 bridgehead atoms. The van der Waals surface area contributed by atoms with Gasteiger partial charge < -0.3 is 4.74 Å². The smallest absolute Gasteiger partial charge is 0.316 e. The molecule has 0 radical (unpaired) electrons. The molecule has 1 aliphatic carbocycles. The van der Waals surface area contributed by atoms with Crippen LogP contribution < -0.4 is 5.32 Å². The summed E-state index contributed by atoms with van der Waals surface area (Å²) >= 11 is 0. The number of hydrogen-bond donors (Lipinski definition) is 1. The minimum absolute atomic E-state index is 0.117. The van der Waals surface area contributed by atoms with E-state index in [0.717, 1.165) is 0 Å². The zero-order valence-corrected chi connectivity index (χ0v) is 5.99. The van der Waals surface area contributed by atoms with E-state index in [0.29, 0.717) is 6.73 Å². The van der Waals surface area contributed by atoms with Crippen LogP contribution in [0.1, 0.15) is 0 Å². The molecule has 0 amide bonds. The molecule has 1 saturated heterocycles. The Morgan fingerprint density at radius 1 is 1.45 bits per heavy atom. The minimum atomic E-state index is -0.130. The highest BCUT2D eigenvalue weighted by atomic mass is 16.5. The van der Waals surface area contributed by atoms with Crippen LogP contribution in [-0.4, -0.2) is 18.7 Å². The Bertz CT molecular complexity index is 232. The van der Waals surface area contributed by atoms with E-state index in [1.807, 2.05) is 24.3 Å². The second kappa shape index (κ2) is 2.51. The summed E-state index contributed by atoms with van der Waals surface area (Å²) in [4.78, 5) is 11.1. The highest BCUT2D eigenvalue weighted by molar-refractivity contribution is 5.77. The van der Waals surface area contributed by atoms with Gasteiger partial charge in [0.2, 0.25) is 0 Å². The summed E-state index contributed by atoms with van der Waals surface area (Å²) < 4.78 is 4.81. The number of carbonyl (C=O) groups excluding carboxylic acids is 1. The molecule has 0 aromatic carbocycles. The molecule has 1 fully saturated rings. The van der Waals surface area contributed by atoms with E-state index < -0.39 is 0 Å². The topological polar surface area (TPSA) is 38.3 Å². The lowest BCUT2D eigenvalue weighted by atomic mass is 9.95. The van der Waals surface area contributed by atoms with Crippen molar-refractivity contribution in [2.24, 2.45) is 5.92 Å². The molecular formula is C8H9NO2. The third-order valence-electron chi connectivity index (χ3n) is 1.94. The predicted octanol–water partition coefficient (Wildman–Crippen LogP) is 0.201. The number of carbonyl (C=O) groups is 1. The monoisotopic (exact) mass is 151 g/mol. The molecule has 2 unspecified atom stereocenters. The summed E-state index contributed by atoms with van der Waals surface area (Å²) in [6.07, 6.45) is 7.65. The van der Waals surface area contributed by atoms with E-state index in [2.05, 4.69) is 5.32 Å². The molecule has 0 spiro atoms. The second-order valence-corrected chi connectivity index (χ2v) is 2.63. The summed E-state index contributed by atoms with van der Waals surface area (Å²) in [5.74, 6) is -0.247. The SMILES string of the molecule is O=C1OCNC2C=CC=CC12. The number of cyclic esters (lactones) is 1. The number of rotatable bonds is 0. The van der Waals surface area contributed by atoms with Crippen LogP contribution in [0.3, 0.4) is 0 Å². The molecule has 3 nitrogen and oxygen atoms in total. The van der Waals surface area contributed by atoms with Crippen molar-refractivity contribution in [1.29, 1.82) is 0 Å². The average Bonchev–Trinajstić information content (AvgIpc) is 2.06. The molecule has 1 N–H and O–H groups in total. The van der Waals surface area contributed by atoms with Crippen LogP contribution in [0.25, 0.3) is 0 Å². The number of esters is 1. The van der Waals surface area contributed by atoms with E-state index in [-0.39, 0.29) is 17.9 Å². The van der Waals surface area contributed by atoms with E-state index in [1.54, 1.807) is 0 Å². The predicted molar refractivity (Wildman–Crippen MR) is 39.7 cm³/mol. The van der Waals surface area contributed by atoms with Crippen LogP contribution in [0.2, 0.25) is 0 Å². The van der Waals surface area contributed by atoms with Crippen LogP contribution in [0.5, 0.6) is 0 Å². The molecule has 0 aromatic heterocycles. The van der Waals surface area contributed by atoms with E-state index >= 15 is 0 Å². The maximum Gasteiger partial charge on any atom is 0.316 e. The van der Waals surface area contributed by atoms with Crippen molar-refractivity contribution in [2.75, 3.05) is 6.73 Å². The molecule has 2 aliphatic rings. The van der Waals surface area contributed by atoms with E-state index in [1.165, 1.54) is 0 Å². The number of allylic oxidation sites excluding steroid dienone is 2. The first-order chi connectivity index (χ1) is 5.38. The molecule has 0 saturated carbocycles. The van der Waals surface area contributed by atoms with Gasteiger partial charge in [-0.2, -0.15) is 0 Å².